The van der Waals surface area contributed by atoms with E-state index in [1.54, 1.807) is 17.5 Å². The Balaban J connectivity index is 1.74. The number of aromatic amines is 1. The number of carbonyl (C=O) groups is 2. The predicted molar refractivity (Wildman–Crippen MR) is 92.2 cm³/mol. The van der Waals surface area contributed by atoms with Crippen LogP contribution in [0, 0.1) is 6.92 Å². The number of aliphatic carboxylic acids is 1. The zero-order chi connectivity index (χ0) is 17.1. The average Bonchev–Trinajstić information content (AvgIpc) is 3.21. The van der Waals surface area contributed by atoms with E-state index in [2.05, 4.69) is 9.97 Å². The van der Waals surface area contributed by atoms with Gasteiger partial charge < -0.3 is 15.0 Å². The molecule has 7 heteroatoms. The fourth-order valence-electron chi connectivity index (χ4n) is 3.17. The van der Waals surface area contributed by atoms with E-state index < -0.39 is 5.97 Å². The third kappa shape index (κ3) is 3.67. The molecule has 3 rings (SSSR count). The molecule has 2 aromatic rings. The van der Waals surface area contributed by atoms with Crippen LogP contribution in [0.25, 0.3) is 11.3 Å². The topological polar surface area (TPSA) is 86.3 Å². The van der Waals surface area contributed by atoms with Gasteiger partial charge in [-0.3, -0.25) is 9.59 Å². The van der Waals surface area contributed by atoms with Crippen molar-refractivity contribution in [3.8, 4) is 11.3 Å². The van der Waals surface area contributed by atoms with E-state index in [0.29, 0.717) is 18.7 Å². The van der Waals surface area contributed by atoms with Gasteiger partial charge in [0.05, 0.1) is 10.7 Å². The zero-order valence-corrected chi connectivity index (χ0v) is 14.4. The normalized spacial score (nSPS) is 17.9. The number of thiazole rings is 1. The Kier molecular flexibility index (Phi) is 4.99. The Morgan fingerprint density at radius 1 is 1.46 bits per heavy atom. The van der Waals surface area contributed by atoms with Crippen LogP contribution >= 0.6 is 11.3 Å². The summed E-state index contributed by atoms with van der Waals surface area (Å²) in [6.07, 6.45) is 5.30. The van der Waals surface area contributed by atoms with Crippen molar-refractivity contribution in [2.24, 2.45) is 0 Å². The summed E-state index contributed by atoms with van der Waals surface area (Å²) in [7, 11) is 0. The van der Waals surface area contributed by atoms with Crippen LogP contribution in [0.1, 0.15) is 47.6 Å². The standard InChI is InChI=1S/C17H21N3O3S/c1-11-19-15(10-24-11)12-8-14(18-9-12)17(23)20-7-3-2-4-13(20)5-6-16(21)22/h8-10,13,18H,2-7H2,1H3,(H,21,22). The van der Waals surface area contributed by atoms with Crippen LogP contribution in [0.3, 0.4) is 0 Å². The molecule has 0 saturated carbocycles. The van der Waals surface area contributed by atoms with Gasteiger partial charge >= 0.3 is 5.97 Å². The van der Waals surface area contributed by atoms with Crippen molar-refractivity contribution in [3.63, 3.8) is 0 Å². The number of hydrogen-bond donors (Lipinski definition) is 2. The van der Waals surface area contributed by atoms with Gasteiger partial charge in [-0.2, -0.15) is 0 Å². The molecule has 3 heterocycles. The van der Waals surface area contributed by atoms with Gasteiger partial charge in [0.2, 0.25) is 0 Å². The van der Waals surface area contributed by atoms with Gasteiger partial charge in [0.1, 0.15) is 5.69 Å². The highest BCUT2D eigenvalue weighted by molar-refractivity contribution is 7.09. The maximum Gasteiger partial charge on any atom is 0.303 e. The number of aromatic nitrogens is 2. The van der Waals surface area contributed by atoms with Crippen LogP contribution in [-0.4, -0.2) is 44.4 Å². The van der Waals surface area contributed by atoms with E-state index in [0.717, 1.165) is 35.5 Å². The van der Waals surface area contributed by atoms with Gasteiger partial charge in [0.15, 0.2) is 0 Å². The summed E-state index contributed by atoms with van der Waals surface area (Å²) >= 11 is 1.58. The number of carboxylic acids is 1. The first kappa shape index (κ1) is 16.7. The van der Waals surface area contributed by atoms with Gasteiger partial charge in [-0.15, -0.1) is 11.3 Å². The molecule has 1 amide bonds. The van der Waals surface area contributed by atoms with Gasteiger partial charge in [0, 0.05) is 36.1 Å². The number of nitrogens with zero attached hydrogens (tertiary/aromatic N) is 2. The number of carboxylic acid groups (broad SMARTS) is 1. The van der Waals surface area contributed by atoms with Crippen LogP contribution in [0.4, 0.5) is 0 Å². The minimum absolute atomic E-state index is 0.00983. The van der Waals surface area contributed by atoms with Crippen LogP contribution in [-0.2, 0) is 4.79 Å². The van der Waals surface area contributed by atoms with Gasteiger partial charge in [-0.25, -0.2) is 4.98 Å². The van der Waals surface area contributed by atoms with Crippen LogP contribution in [0.5, 0.6) is 0 Å². The molecule has 1 atom stereocenters. The quantitative estimate of drug-likeness (QED) is 0.869. The van der Waals surface area contributed by atoms with E-state index >= 15 is 0 Å². The molecular weight excluding hydrogens is 326 g/mol. The van der Waals surface area contributed by atoms with E-state index in [9.17, 15) is 9.59 Å². The molecule has 24 heavy (non-hydrogen) atoms. The van der Waals surface area contributed by atoms with E-state index in [1.807, 2.05) is 23.3 Å². The fraction of sp³-hybridized carbons (Fsp3) is 0.471. The second-order valence-electron chi connectivity index (χ2n) is 6.13. The Labute approximate surface area is 144 Å². The Morgan fingerprint density at radius 3 is 3.00 bits per heavy atom. The number of piperidine rings is 1. The number of amides is 1. The molecule has 2 N–H and O–H groups in total. The van der Waals surface area contributed by atoms with Crippen LogP contribution in [0.2, 0.25) is 0 Å². The summed E-state index contributed by atoms with van der Waals surface area (Å²) < 4.78 is 0. The maximum atomic E-state index is 12.8. The zero-order valence-electron chi connectivity index (χ0n) is 13.6. The largest absolute Gasteiger partial charge is 0.481 e. The molecule has 1 aliphatic rings. The van der Waals surface area contributed by atoms with Crippen molar-refractivity contribution in [1.29, 1.82) is 0 Å². The molecule has 1 unspecified atom stereocenters. The smallest absolute Gasteiger partial charge is 0.303 e. The van der Waals surface area contributed by atoms with Crippen molar-refractivity contribution in [2.45, 2.75) is 45.1 Å². The predicted octanol–water partition coefficient (Wildman–Crippen LogP) is 3.31. The lowest BCUT2D eigenvalue weighted by Crippen LogP contribution is -2.44. The molecule has 1 saturated heterocycles. The first-order valence-electron chi connectivity index (χ1n) is 8.18. The molecule has 0 aromatic carbocycles. The minimum atomic E-state index is -0.811. The van der Waals surface area contributed by atoms with Crippen molar-refractivity contribution in [1.82, 2.24) is 14.9 Å². The monoisotopic (exact) mass is 347 g/mol. The van der Waals surface area contributed by atoms with Crippen LogP contribution < -0.4 is 0 Å². The molecule has 1 aliphatic heterocycles. The van der Waals surface area contributed by atoms with Gasteiger partial charge in [0.25, 0.3) is 5.91 Å². The lowest BCUT2D eigenvalue weighted by molar-refractivity contribution is -0.137. The highest BCUT2D eigenvalue weighted by Crippen LogP contribution is 2.26. The first-order chi connectivity index (χ1) is 11.5. The summed E-state index contributed by atoms with van der Waals surface area (Å²) in [5, 5.41) is 11.9. The minimum Gasteiger partial charge on any atom is -0.481 e. The van der Waals surface area contributed by atoms with E-state index in [4.69, 9.17) is 5.11 Å². The third-order valence-corrected chi connectivity index (χ3v) is 5.18. The first-order valence-corrected chi connectivity index (χ1v) is 9.06. The van der Waals surface area contributed by atoms with Crippen molar-refractivity contribution < 1.29 is 14.7 Å². The van der Waals surface area contributed by atoms with Crippen molar-refractivity contribution in [3.05, 3.63) is 28.3 Å². The molecule has 0 radical (unpaired) electrons. The number of rotatable bonds is 5. The molecule has 1 fully saturated rings. The van der Waals surface area contributed by atoms with E-state index in [1.165, 1.54) is 0 Å². The van der Waals surface area contributed by atoms with Crippen molar-refractivity contribution in [2.75, 3.05) is 6.54 Å². The SMILES string of the molecule is Cc1nc(-c2c[nH]c(C(=O)N3CCCCC3CCC(=O)O)c2)cs1. The summed E-state index contributed by atoms with van der Waals surface area (Å²) in [6, 6.07) is 1.84. The number of nitrogens with one attached hydrogen (secondary N) is 1. The van der Waals surface area contributed by atoms with Gasteiger partial charge in [-0.1, -0.05) is 0 Å². The molecule has 0 aliphatic carbocycles. The number of carbonyl (C=O) groups excluding carboxylic acids is 1. The molecule has 128 valence electrons. The third-order valence-electron chi connectivity index (χ3n) is 4.41. The van der Waals surface area contributed by atoms with E-state index in [-0.39, 0.29) is 18.4 Å². The lowest BCUT2D eigenvalue weighted by Gasteiger charge is -2.35. The summed E-state index contributed by atoms with van der Waals surface area (Å²) in [5.41, 5.74) is 2.31. The lowest BCUT2D eigenvalue weighted by atomic mass is 9.97. The average molecular weight is 347 g/mol. The Bertz CT molecular complexity index is 737. The van der Waals surface area contributed by atoms with Gasteiger partial charge in [-0.05, 0) is 38.7 Å². The molecular formula is C17H21N3O3S. The molecule has 6 nitrogen and oxygen atoms in total. The number of H-pyrrole nitrogens is 1. The Hall–Kier alpha value is -2.15. The van der Waals surface area contributed by atoms with Crippen molar-refractivity contribution >= 4 is 23.2 Å². The molecule has 0 bridgehead atoms. The number of aryl methyl sites for hydroxylation is 1. The Morgan fingerprint density at radius 2 is 2.29 bits per heavy atom. The second kappa shape index (κ2) is 7.17. The summed E-state index contributed by atoms with van der Waals surface area (Å²) in [5.74, 6) is -0.864. The highest BCUT2D eigenvalue weighted by Gasteiger charge is 2.28. The number of likely N-dealkylation sites (tertiary alicyclic amines) is 1. The van der Waals surface area contributed by atoms with Crippen LogP contribution in [0.15, 0.2) is 17.6 Å². The number of hydrogen-bond acceptors (Lipinski definition) is 4. The molecule has 2 aromatic heterocycles. The summed E-state index contributed by atoms with van der Waals surface area (Å²) in [4.78, 5) is 33.0. The summed E-state index contributed by atoms with van der Waals surface area (Å²) in [6.45, 7) is 2.64. The second-order valence-corrected chi connectivity index (χ2v) is 7.20. The fourth-order valence-corrected chi connectivity index (χ4v) is 3.80. The highest BCUT2D eigenvalue weighted by atomic mass is 32.1. The molecule has 0 spiro atoms. The maximum absolute atomic E-state index is 12.8.